The van der Waals surface area contributed by atoms with Crippen molar-refractivity contribution in [3.05, 3.63) is 87.7 Å². The second kappa shape index (κ2) is 6.77. The highest BCUT2D eigenvalue weighted by atomic mass is 19.1. The molecule has 28 heavy (non-hydrogen) atoms. The Morgan fingerprint density at radius 2 is 1.71 bits per heavy atom. The van der Waals surface area contributed by atoms with Gasteiger partial charge in [-0.1, -0.05) is 24.3 Å². The summed E-state index contributed by atoms with van der Waals surface area (Å²) in [6.07, 6.45) is 5.46. The van der Waals surface area contributed by atoms with Gasteiger partial charge in [0, 0.05) is 12.7 Å². The van der Waals surface area contributed by atoms with E-state index >= 15 is 0 Å². The van der Waals surface area contributed by atoms with E-state index < -0.39 is 0 Å². The molecule has 0 bridgehead atoms. The molecule has 1 unspecified atom stereocenters. The Morgan fingerprint density at radius 1 is 0.857 bits per heavy atom. The van der Waals surface area contributed by atoms with E-state index in [1.54, 1.807) is 17.7 Å². The molecule has 0 aliphatic heterocycles. The summed E-state index contributed by atoms with van der Waals surface area (Å²) in [5.41, 5.74) is 12.3. The maximum Gasteiger partial charge on any atom is 0.123 e. The number of hydrogen-bond acceptors (Lipinski definition) is 1. The minimum atomic E-state index is -0.123. The summed E-state index contributed by atoms with van der Waals surface area (Å²) in [6, 6.07) is 16.6. The summed E-state index contributed by atoms with van der Waals surface area (Å²) in [5, 5.41) is 3.24. The molecule has 1 nitrogen and oxygen atoms in total. The van der Waals surface area contributed by atoms with Crippen LogP contribution in [0.15, 0.2) is 48.5 Å². The van der Waals surface area contributed by atoms with E-state index in [0.29, 0.717) is 5.92 Å². The Balaban J connectivity index is 1.50. The highest BCUT2D eigenvalue weighted by Gasteiger charge is 2.27. The van der Waals surface area contributed by atoms with Crippen LogP contribution in [0.5, 0.6) is 0 Å². The van der Waals surface area contributed by atoms with Crippen LogP contribution in [-0.2, 0) is 25.7 Å². The Hall–Kier alpha value is -2.61. The predicted molar refractivity (Wildman–Crippen MR) is 115 cm³/mol. The van der Waals surface area contributed by atoms with E-state index in [1.807, 2.05) is 13.1 Å². The average Bonchev–Trinajstić information content (AvgIpc) is 2.72. The molecule has 0 fully saturated rings. The Bertz CT molecular complexity index is 1070. The van der Waals surface area contributed by atoms with Gasteiger partial charge in [0.1, 0.15) is 5.82 Å². The van der Waals surface area contributed by atoms with Crippen molar-refractivity contribution >= 4 is 5.69 Å². The molecule has 0 aromatic heterocycles. The normalized spacial score (nSPS) is 17.5. The lowest BCUT2D eigenvalue weighted by Crippen LogP contribution is -2.18. The fourth-order valence-corrected chi connectivity index (χ4v) is 5.31. The first kappa shape index (κ1) is 17.5. The molecule has 2 aliphatic rings. The molecule has 1 N–H and O–H groups in total. The number of fused-ring (bicyclic) bond motifs is 5. The van der Waals surface area contributed by atoms with Crippen LogP contribution in [0.4, 0.5) is 10.1 Å². The first-order valence-corrected chi connectivity index (χ1v) is 10.3. The Kier molecular flexibility index (Phi) is 4.23. The van der Waals surface area contributed by atoms with Crippen LogP contribution < -0.4 is 5.32 Å². The molecule has 0 radical (unpaired) electrons. The molecule has 142 valence electrons. The molecule has 2 heteroatoms. The number of aryl methyl sites for hydroxylation is 2. The number of benzene rings is 3. The number of halogens is 1. The van der Waals surface area contributed by atoms with Gasteiger partial charge in [0.05, 0.1) is 0 Å². The van der Waals surface area contributed by atoms with Gasteiger partial charge in [0.25, 0.3) is 0 Å². The molecular weight excluding hydrogens is 345 g/mol. The Labute approximate surface area is 166 Å². The van der Waals surface area contributed by atoms with E-state index in [4.69, 9.17) is 0 Å². The van der Waals surface area contributed by atoms with E-state index in [9.17, 15) is 4.39 Å². The maximum absolute atomic E-state index is 13.6. The van der Waals surface area contributed by atoms with Crippen molar-refractivity contribution in [2.24, 2.45) is 0 Å². The summed E-state index contributed by atoms with van der Waals surface area (Å²) < 4.78 is 13.6. The fraction of sp³-hybridized carbons (Fsp3) is 0.308. The highest BCUT2D eigenvalue weighted by Crippen LogP contribution is 2.42. The third-order valence-electron chi connectivity index (χ3n) is 6.74. The van der Waals surface area contributed by atoms with Gasteiger partial charge in [-0.3, -0.25) is 0 Å². The SMILES string of the molecule is CNc1ccc(C2CCc3c(ccc4c3CCc3cc(F)ccc3-4)C2)c(C)c1. The summed E-state index contributed by atoms with van der Waals surface area (Å²) >= 11 is 0. The third-order valence-corrected chi connectivity index (χ3v) is 6.74. The van der Waals surface area contributed by atoms with Crippen molar-refractivity contribution in [2.75, 3.05) is 12.4 Å². The second-order valence-electron chi connectivity index (χ2n) is 8.29. The highest BCUT2D eigenvalue weighted by molar-refractivity contribution is 5.75. The van der Waals surface area contributed by atoms with E-state index in [1.165, 1.54) is 45.5 Å². The first-order chi connectivity index (χ1) is 13.6. The molecule has 0 saturated carbocycles. The van der Waals surface area contributed by atoms with Crippen LogP contribution in [-0.4, -0.2) is 7.05 Å². The van der Waals surface area contributed by atoms with Gasteiger partial charge >= 0.3 is 0 Å². The van der Waals surface area contributed by atoms with Crippen molar-refractivity contribution in [1.82, 2.24) is 0 Å². The molecule has 5 rings (SSSR count). The topological polar surface area (TPSA) is 12.0 Å². The van der Waals surface area contributed by atoms with Gasteiger partial charge < -0.3 is 5.32 Å². The van der Waals surface area contributed by atoms with Crippen LogP contribution in [0, 0.1) is 12.7 Å². The molecule has 0 heterocycles. The van der Waals surface area contributed by atoms with Gasteiger partial charge in [-0.25, -0.2) is 4.39 Å². The summed E-state index contributed by atoms with van der Waals surface area (Å²) in [6.45, 7) is 2.23. The average molecular weight is 371 g/mol. The summed E-state index contributed by atoms with van der Waals surface area (Å²) in [4.78, 5) is 0. The van der Waals surface area contributed by atoms with Crippen molar-refractivity contribution in [1.29, 1.82) is 0 Å². The van der Waals surface area contributed by atoms with Crippen molar-refractivity contribution in [3.63, 3.8) is 0 Å². The van der Waals surface area contributed by atoms with E-state index in [-0.39, 0.29) is 5.82 Å². The molecule has 3 aromatic rings. The van der Waals surface area contributed by atoms with Gasteiger partial charge in [0.2, 0.25) is 0 Å². The zero-order valence-electron chi connectivity index (χ0n) is 16.6. The van der Waals surface area contributed by atoms with Gasteiger partial charge in [0.15, 0.2) is 0 Å². The molecule has 1 atom stereocenters. The van der Waals surface area contributed by atoms with Gasteiger partial charge in [-0.2, -0.15) is 0 Å². The maximum atomic E-state index is 13.6. The molecule has 0 spiro atoms. The zero-order valence-corrected chi connectivity index (χ0v) is 16.6. The largest absolute Gasteiger partial charge is 0.388 e. The molecular formula is C26H26FN. The van der Waals surface area contributed by atoms with Gasteiger partial charge in [-0.15, -0.1) is 0 Å². The van der Waals surface area contributed by atoms with Crippen molar-refractivity contribution in [2.45, 2.75) is 44.9 Å². The summed E-state index contributed by atoms with van der Waals surface area (Å²) in [7, 11) is 1.97. The first-order valence-electron chi connectivity index (χ1n) is 10.3. The predicted octanol–water partition coefficient (Wildman–Crippen LogP) is 6.21. The summed E-state index contributed by atoms with van der Waals surface area (Å²) in [5.74, 6) is 0.476. The van der Waals surface area contributed by atoms with Crippen LogP contribution in [0.1, 0.15) is 45.7 Å². The molecule has 2 aliphatic carbocycles. The molecule has 0 amide bonds. The number of rotatable bonds is 2. The van der Waals surface area contributed by atoms with Crippen LogP contribution >= 0.6 is 0 Å². The standard InChI is InChI=1S/C26H26FN/c1-16-13-21(28-2)7-12-22(16)17-3-8-23-18(14-17)4-9-26-24-11-6-20(27)15-19(24)5-10-25(23)26/h4,6-7,9,11-13,15,17,28H,3,5,8,10,14H2,1-2H3. The quantitative estimate of drug-likeness (QED) is 0.564. The number of hydrogen-bond donors (Lipinski definition) is 1. The number of nitrogens with one attached hydrogen (secondary N) is 1. The third kappa shape index (κ3) is 2.83. The monoisotopic (exact) mass is 371 g/mol. The lowest BCUT2D eigenvalue weighted by atomic mass is 9.74. The van der Waals surface area contributed by atoms with E-state index in [2.05, 4.69) is 42.6 Å². The van der Waals surface area contributed by atoms with Crippen molar-refractivity contribution < 1.29 is 4.39 Å². The van der Waals surface area contributed by atoms with Crippen molar-refractivity contribution in [3.8, 4) is 11.1 Å². The van der Waals surface area contributed by atoms with Crippen LogP contribution in [0.2, 0.25) is 0 Å². The number of anilines is 1. The zero-order chi connectivity index (χ0) is 19.3. The van der Waals surface area contributed by atoms with Crippen LogP contribution in [0.3, 0.4) is 0 Å². The Morgan fingerprint density at radius 3 is 2.54 bits per heavy atom. The smallest absolute Gasteiger partial charge is 0.123 e. The molecule has 3 aromatic carbocycles. The minimum absolute atomic E-state index is 0.123. The fourth-order valence-electron chi connectivity index (χ4n) is 5.31. The van der Waals surface area contributed by atoms with E-state index in [0.717, 1.165) is 31.2 Å². The lowest BCUT2D eigenvalue weighted by Gasteiger charge is -2.31. The van der Waals surface area contributed by atoms with Gasteiger partial charge in [-0.05, 0) is 114 Å². The van der Waals surface area contributed by atoms with Crippen LogP contribution in [0.25, 0.3) is 11.1 Å². The molecule has 0 saturated heterocycles. The second-order valence-corrected chi connectivity index (χ2v) is 8.29. The lowest BCUT2D eigenvalue weighted by molar-refractivity contribution is 0.578. The minimum Gasteiger partial charge on any atom is -0.388 e.